The number of benzene rings is 2. The van der Waals surface area contributed by atoms with E-state index in [0.29, 0.717) is 47.4 Å². The van der Waals surface area contributed by atoms with Crippen LogP contribution in [0.25, 0.3) is 0 Å². The Bertz CT molecular complexity index is 992. The highest BCUT2D eigenvalue weighted by atomic mass is 35.5. The topological polar surface area (TPSA) is 87.2 Å². The highest BCUT2D eigenvalue weighted by molar-refractivity contribution is 6.34. The van der Waals surface area contributed by atoms with E-state index in [1.165, 1.54) is 24.3 Å². The predicted octanol–water partition coefficient (Wildman–Crippen LogP) is 5.20. The number of carboxylic acid groups (broad SMARTS) is 1. The first-order valence-corrected chi connectivity index (χ1v) is 11.5. The molecule has 1 aliphatic heterocycles. The molecule has 0 radical (unpaired) electrons. The molecule has 1 fully saturated rings. The number of hydrogen-bond donors (Lipinski definition) is 1. The number of rotatable bonds is 8. The van der Waals surface area contributed by atoms with Gasteiger partial charge in [-0.05, 0) is 66.8 Å². The maximum atomic E-state index is 13.0. The van der Waals surface area contributed by atoms with Gasteiger partial charge < -0.3 is 19.6 Å². The largest absolute Gasteiger partial charge is 0.478 e. The minimum atomic E-state index is -1.03. The Hall–Kier alpha value is -2.77. The number of halogens is 2. The van der Waals surface area contributed by atoms with Crippen molar-refractivity contribution in [2.24, 2.45) is 5.92 Å². The van der Waals surface area contributed by atoms with Gasteiger partial charge >= 0.3 is 12.1 Å². The number of carboxylic acids is 1. The lowest BCUT2D eigenvalue weighted by Crippen LogP contribution is -2.37. The summed E-state index contributed by atoms with van der Waals surface area (Å²) in [6.07, 6.45) is 1.15. The van der Waals surface area contributed by atoms with Gasteiger partial charge in [-0.15, -0.1) is 0 Å². The third-order valence-corrected chi connectivity index (χ3v) is 5.90. The van der Waals surface area contributed by atoms with Gasteiger partial charge in [-0.1, -0.05) is 30.1 Å². The molecule has 1 aliphatic rings. The van der Waals surface area contributed by atoms with Crippen molar-refractivity contribution in [1.29, 1.82) is 0 Å². The molecule has 33 heavy (non-hydrogen) atoms. The molecule has 9 heteroatoms. The first-order valence-electron chi connectivity index (χ1n) is 10.8. The first kappa shape index (κ1) is 24.9. The van der Waals surface area contributed by atoms with Crippen molar-refractivity contribution in [3.05, 3.63) is 69.2 Å². The van der Waals surface area contributed by atoms with Crippen LogP contribution in [0.5, 0.6) is 0 Å². The first-order chi connectivity index (χ1) is 15.8. The maximum absolute atomic E-state index is 13.0. The van der Waals surface area contributed by atoms with Crippen LogP contribution in [0.2, 0.25) is 10.0 Å². The lowest BCUT2D eigenvalue weighted by atomic mass is 10.1. The minimum Gasteiger partial charge on any atom is -0.478 e. The van der Waals surface area contributed by atoms with E-state index in [1.54, 1.807) is 28.0 Å². The number of carbonyl (C=O) groups excluding carboxylic acids is 2. The molecule has 0 aromatic heterocycles. The number of likely N-dealkylation sites (tertiary alicyclic amines) is 1. The Labute approximate surface area is 202 Å². The summed E-state index contributed by atoms with van der Waals surface area (Å²) in [6.45, 7) is 4.22. The van der Waals surface area contributed by atoms with E-state index in [9.17, 15) is 14.4 Å². The zero-order valence-electron chi connectivity index (χ0n) is 18.3. The summed E-state index contributed by atoms with van der Waals surface area (Å²) in [5.74, 6) is -1.05. The number of ether oxygens (including phenoxy) is 1. The monoisotopic (exact) mass is 492 g/mol. The highest BCUT2D eigenvalue weighted by Crippen LogP contribution is 2.22. The standard InChI is InChI=1S/C24H26Cl2N2O5/c1-2-8-27(22(29)18-3-5-19(6-4-18)23(30)31)13-16-7-9-28(14-16)24(32)33-15-17-10-20(25)12-21(26)11-17/h3-6,10-12,16H,2,7-9,13-15H2,1H3,(H,30,31)/t16-/m0/s1. The van der Waals surface area contributed by atoms with Crippen molar-refractivity contribution in [3.63, 3.8) is 0 Å². The van der Waals surface area contributed by atoms with E-state index in [-0.39, 0.29) is 24.0 Å². The molecule has 1 N–H and O–H groups in total. The van der Waals surface area contributed by atoms with Gasteiger partial charge in [-0.25, -0.2) is 9.59 Å². The molecule has 0 unspecified atom stereocenters. The quantitative estimate of drug-likeness (QED) is 0.546. The Morgan fingerprint density at radius 1 is 1.09 bits per heavy atom. The van der Waals surface area contributed by atoms with Crippen molar-refractivity contribution < 1.29 is 24.2 Å². The second-order valence-corrected chi connectivity index (χ2v) is 8.94. The van der Waals surface area contributed by atoms with Crippen LogP contribution in [-0.4, -0.2) is 59.1 Å². The highest BCUT2D eigenvalue weighted by Gasteiger charge is 2.30. The van der Waals surface area contributed by atoms with Crippen LogP contribution in [0.1, 0.15) is 46.0 Å². The average Bonchev–Trinajstić information content (AvgIpc) is 3.25. The van der Waals surface area contributed by atoms with Crippen molar-refractivity contribution in [2.45, 2.75) is 26.4 Å². The molecule has 0 aliphatic carbocycles. The molecular weight excluding hydrogens is 467 g/mol. The fourth-order valence-electron chi connectivity index (χ4n) is 3.87. The Kier molecular flexibility index (Phi) is 8.58. The second-order valence-electron chi connectivity index (χ2n) is 8.07. The maximum Gasteiger partial charge on any atom is 0.410 e. The van der Waals surface area contributed by atoms with Gasteiger partial charge in [-0.3, -0.25) is 4.79 Å². The van der Waals surface area contributed by atoms with Crippen LogP contribution < -0.4 is 0 Å². The van der Waals surface area contributed by atoms with Crippen LogP contribution in [-0.2, 0) is 11.3 Å². The molecular formula is C24H26Cl2N2O5. The zero-order valence-corrected chi connectivity index (χ0v) is 19.8. The van der Waals surface area contributed by atoms with E-state index < -0.39 is 12.1 Å². The van der Waals surface area contributed by atoms with Gasteiger partial charge in [0.15, 0.2) is 0 Å². The lowest BCUT2D eigenvalue weighted by Gasteiger charge is -2.25. The smallest absolute Gasteiger partial charge is 0.410 e. The number of carbonyl (C=O) groups is 3. The molecule has 176 valence electrons. The third-order valence-electron chi connectivity index (χ3n) is 5.47. The molecule has 2 aromatic carbocycles. The van der Waals surface area contributed by atoms with Crippen LogP contribution in [0.3, 0.4) is 0 Å². The Balaban J connectivity index is 1.55. The number of hydrogen-bond acceptors (Lipinski definition) is 4. The van der Waals surface area contributed by atoms with E-state index in [4.69, 9.17) is 33.0 Å². The van der Waals surface area contributed by atoms with Crippen LogP contribution in [0.15, 0.2) is 42.5 Å². The summed E-state index contributed by atoms with van der Waals surface area (Å²) < 4.78 is 5.41. The van der Waals surface area contributed by atoms with Gasteiger partial charge in [0.2, 0.25) is 0 Å². The molecule has 0 saturated carbocycles. The van der Waals surface area contributed by atoms with Gasteiger partial charge in [-0.2, -0.15) is 0 Å². The van der Waals surface area contributed by atoms with E-state index in [1.807, 2.05) is 6.92 Å². The van der Waals surface area contributed by atoms with Crippen LogP contribution in [0.4, 0.5) is 4.79 Å². The summed E-state index contributed by atoms with van der Waals surface area (Å²) in [5.41, 5.74) is 1.30. The van der Waals surface area contributed by atoms with Gasteiger partial charge in [0.25, 0.3) is 5.91 Å². The minimum absolute atomic E-state index is 0.0765. The third kappa shape index (κ3) is 6.85. The Morgan fingerprint density at radius 2 is 1.73 bits per heavy atom. The van der Waals surface area contributed by atoms with E-state index in [2.05, 4.69) is 0 Å². The van der Waals surface area contributed by atoms with Crippen molar-refractivity contribution in [1.82, 2.24) is 9.80 Å². The normalized spacial score (nSPS) is 15.4. The summed E-state index contributed by atoms with van der Waals surface area (Å²) >= 11 is 12.0. The summed E-state index contributed by atoms with van der Waals surface area (Å²) in [6, 6.07) is 10.9. The van der Waals surface area contributed by atoms with Crippen LogP contribution >= 0.6 is 23.2 Å². The van der Waals surface area contributed by atoms with Crippen LogP contribution in [0, 0.1) is 5.92 Å². The fraction of sp³-hybridized carbons (Fsp3) is 0.375. The van der Waals surface area contributed by atoms with Crippen molar-refractivity contribution in [3.8, 4) is 0 Å². The molecule has 1 atom stereocenters. The van der Waals surface area contributed by atoms with Crippen molar-refractivity contribution >= 4 is 41.2 Å². The SMILES string of the molecule is CCCN(C[C@@H]1CCN(C(=O)OCc2cc(Cl)cc(Cl)c2)C1)C(=O)c1ccc(C(=O)O)cc1. The molecule has 0 bridgehead atoms. The molecule has 2 aromatic rings. The molecule has 3 rings (SSSR count). The number of nitrogens with zero attached hydrogens (tertiary/aromatic N) is 2. The average molecular weight is 493 g/mol. The summed E-state index contributed by atoms with van der Waals surface area (Å²) in [5, 5.41) is 10.0. The fourth-order valence-corrected chi connectivity index (χ4v) is 4.44. The van der Waals surface area contributed by atoms with Gasteiger partial charge in [0, 0.05) is 41.8 Å². The van der Waals surface area contributed by atoms with Gasteiger partial charge in [0.1, 0.15) is 6.61 Å². The molecule has 1 heterocycles. The van der Waals surface area contributed by atoms with Crippen molar-refractivity contribution in [2.75, 3.05) is 26.2 Å². The van der Waals surface area contributed by atoms with Gasteiger partial charge in [0.05, 0.1) is 5.56 Å². The van der Waals surface area contributed by atoms with E-state index in [0.717, 1.165) is 12.8 Å². The molecule has 7 nitrogen and oxygen atoms in total. The zero-order chi connectivity index (χ0) is 24.0. The van der Waals surface area contributed by atoms with E-state index >= 15 is 0 Å². The lowest BCUT2D eigenvalue weighted by molar-refractivity contribution is 0.0691. The molecule has 2 amide bonds. The molecule has 0 spiro atoms. The summed E-state index contributed by atoms with van der Waals surface area (Å²) in [4.78, 5) is 39.9. The predicted molar refractivity (Wildman–Crippen MR) is 126 cm³/mol. The molecule has 1 saturated heterocycles. The number of aromatic carboxylic acids is 1. The summed E-state index contributed by atoms with van der Waals surface area (Å²) in [7, 11) is 0. The second kappa shape index (κ2) is 11.4. The number of amides is 2. The Morgan fingerprint density at radius 3 is 2.33 bits per heavy atom.